The van der Waals surface area contributed by atoms with Crippen LogP contribution in [0.2, 0.25) is 0 Å². The third-order valence-corrected chi connectivity index (χ3v) is 10.1. The predicted molar refractivity (Wildman–Crippen MR) is 213 cm³/mol. The molecule has 0 fully saturated rings. The zero-order chi connectivity index (χ0) is 34.4. The number of fused-ring (bicyclic) bond motifs is 5. The molecule has 1 atom stereocenters. The fraction of sp³-hybridized carbons (Fsp3) is 0.0417. The molecule has 0 saturated carbocycles. The molecule has 0 spiro atoms. The number of oxazole rings is 1. The van der Waals surface area contributed by atoms with Crippen molar-refractivity contribution in [3.8, 4) is 44.9 Å². The number of hydrogen-bond acceptors (Lipinski definition) is 3. The highest BCUT2D eigenvalue weighted by atomic mass is 16.3. The van der Waals surface area contributed by atoms with Crippen LogP contribution >= 0.6 is 0 Å². The van der Waals surface area contributed by atoms with Gasteiger partial charge in [0.15, 0.2) is 11.4 Å². The molecule has 246 valence electrons. The average molecular weight is 668 g/mol. The molecule has 0 aliphatic heterocycles. The van der Waals surface area contributed by atoms with Crippen molar-refractivity contribution in [1.29, 1.82) is 0 Å². The molecule has 6 aromatic carbocycles. The third kappa shape index (κ3) is 5.24. The normalized spacial score (nSPS) is 14.3. The number of hydrogen-bond donors (Lipinski definition) is 0. The lowest BCUT2D eigenvalue weighted by atomic mass is 9.88. The smallest absolute Gasteiger partial charge is 0.209 e. The molecular formula is C48H33N3O. The Hall–Kier alpha value is -6.78. The van der Waals surface area contributed by atoms with Gasteiger partial charge in [-0.25, -0.2) is 9.97 Å². The Kier molecular flexibility index (Phi) is 7.24. The number of nitrogens with zero attached hydrogens (tertiary/aromatic N) is 3. The van der Waals surface area contributed by atoms with E-state index in [0.717, 1.165) is 73.5 Å². The third-order valence-electron chi connectivity index (χ3n) is 10.1. The largest absolute Gasteiger partial charge is 0.438 e. The maximum atomic E-state index is 6.60. The Morgan fingerprint density at radius 2 is 1.12 bits per heavy atom. The van der Waals surface area contributed by atoms with E-state index in [-0.39, 0.29) is 5.92 Å². The molecular weight excluding hydrogens is 635 g/mol. The lowest BCUT2D eigenvalue weighted by molar-refractivity contribution is 0.647. The van der Waals surface area contributed by atoms with Crippen LogP contribution < -0.4 is 0 Å². The van der Waals surface area contributed by atoms with E-state index >= 15 is 0 Å². The van der Waals surface area contributed by atoms with Gasteiger partial charge in [-0.1, -0.05) is 146 Å². The summed E-state index contributed by atoms with van der Waals surface area (Å²) < 4.78 is 8.87. The van der Waals surface area contributed by atoms with Crippen molar-refractivity contribution >= 4 is 33.3 Å². The zero-order valence-electron chi connectivity index (χ0n) is 28.4. The molecule has 1 unspecified atom stereocenters. The molecule has 52 heavy (non-hydrogen) atoms. The Morgan fingerprint density at radius 3 is 1.88 bits per heavy atom. The van der Waals surface area contributed by atoms with Crippen LogP contribution in [0, 0.1) is 0 Å². The summed E-state index contributed by atoms with van der Waals surface area (Å²) in [5.74, 6) is 0.793. The maximum Gasteiger partial charge on any atom is 0.209 e. The van der Waals surface area contributed by atoms with Gasteiger partial charge < -0.3 is 4.42 Å². The van der Waals surface area contributed by atoms with Crippen LogP contribution in [0.5, 0.6) is 0 Å². The van der Waals surface area contributed by atoms with E-state index in [2.05, 4.69) is 168 Å². The van der Waals surface area contributed by atoms with Crippen LogP contribution in [0.4, 0.5) is 0 Å². The van der Waals surface area contributed by atoms with Gasteiger partial charge in [-0.05, 0) is 70.6 Å². The lowest BCUT2D eigenvalue weighted by Gasteiger charge is -2.18. The van der Waals surface area contributed by atoms with E-state index in [4.69, 9.17) is 14.4 Å². The first-order chi connectivity index (χ1) is 25.8. The summed E-state index contributed by atoms with van der Waals surface area (Å²) in [6.45, 7) is 0. The first-order valence-electron chi connectivity index (χ1n) is 17.8. The molecule has 1 aliphatic rings. The summed E-state index contributed by atoms with van der Waals surface area (Å²) in [4.78, 5) is 10.5. The van der Waals surface area contributed by atoms with Gasteiger partial charge >= 0.3 is 0 Å². The second kappa shape index (κ2) is 12.5. The molecule has 4 heteroatoms. The molecule has 9 aromatic rings. The fourth-order valence-electron chi connectivity index (χ4n) is 7.66. The van der Waals surface area contributed by atoms with Crippen molar-refractivity contribution in [2.24, 2.45) is 0 Å². The van der Waals surface area contributed by atoms with Crippen molar-refractivity contribution in [2.75, 3.05) is 0 Å². The van der Waals surface area contributed by atoms with Crippen LogP contribution in [-0.2, 0) is 0 Å². The number of rotatable bonds is 6. The Labute approximate surface area is 301 Å². The lowest BCUT2D eigenvalue weighted by Crippen LogP contribution is -2.03. The Morgan fingerprint density at radius 1 is 0.519 bits per heavy atom. The van der Waals surface area contributed by atoms with Gasteiger partial charge in [0, 0.05) is 28.0 Å². The predicted octanol–water partition coefficient (Wildman–Crippen LogP) is 12.4. The molecule has 10 rings (SSSR count). The molecule has 0 saturated heterocycles. The summed E-state index contributed by atoms with van der Waals surface area (Å²) in [6, 6.07) is 57.2. The summed E-state index contributed by atoms with van der Waals surface area (Å²) in [6.07, 6.45) is 7.72. The van der Waals surface area contributed by atoms with E-state index < -0.39 is 0 Å². The molecule has 4 nitrogen and oxygen atoms in total. The summed E-state index contributed by atoms with van der Waals surface area (Å²) in [5.41, 5.74) is 14.7. The van der Waals surface area contributed by atoms with Crippen LogP contribution in [-0.4, -0.2) is 14.4 Å². The van der Waals surface area contributed by atoms with Crippen molar-refractivity contribution in [1.82, 2.24) is 14.4 Å². The molecule has 3 aromatic heterocycles. The van der Waals surface area contributed by atoms with Crippen molar-refractivity contribution in [2.45, 2.75) is 12.3 Å². The minimum Gasteiger partial charge on any atom is -0.438 e. The van der Waals surface area contributed by atoms with Crippen LogP contribution in [0.3, 0.4) is 0 Å². The summed E-state index contributed by atoms with van der Waals surface area (Å²) >= 11 is 0. The van der Waals surface area contributed by atoms with Gasteiger partial charge in [0.2, 0.25) is 5.71 Å². The first-order valence-corrected chi connectivity index (χ1v) is 17.8. The number of aromatic nitrogens is 3. The van der Waals surface area contributed by atoms with E-state index in [0.29, 0.717) is 5.82 Å². The van der Waals surface area contributed by atoms with Crippen LogP contribution in [0.15, 0.2) is 186 Å². The van der Waals surface area contributed by atoms with Crippen molar-refractivity contribution < 1.29 is 4.42 Å². The summed E-state index contributed by atoms with van der Waals surface area (Å²) in [7, 11) is 0. The minimum absolute atomic E-state index is 0.0974. The second-order valence-electron chi connectivity index (χ2n) is 13.4. The van der Waals surface area contributed by atoms with Crippen LogP contribution in [0.1, 0.15) is 23.6 Å². The van der Waals surface area contributed by atoms with E-state index in [1.165, 1.54) is 16.5 Å². The summed E-state index contributed by atoms with van der Waals surface area (Å²) in [5, 5.41) is 1.21. The number of para-hydroxylation sites is 3. The maximum absolute atomic E-state index is 6.60. The van der Waals surface area contributed by atoms with E-state index in [1.54, 1.807) is 0 Å². The minimum atomic E-state index is 0.0974. The van der Waals surface area contributed by atoms with E-state index in [9.17, 15) is 0 Å². The second-order valence-corrected chi connectivity index (χ2v) is 13.4. The van der Waals surface area contributed by atoms with Crippen molar-refractivity contribution in [3.05, 3.63) is 193 Å². The molecule has 0 amide bonds. The number of benzene rings is 6. The average Bonchev–Trinajstić information content (AvgIpc) is 3.76. The first kappa shape index (κ1) is 30.1. The molecule has 3 heterocycles. The standard InChI is InChI=1S/C48H33N3O/c1-3-14-32(15-4-1)34-18-11-20-36(28-34)41-31-42(50-47(49-41)39-23-12-19-35(29-39)33-16-5-2-6-17-33)37-21-13-22-38(30-37)46-40-24-7-8-25-43(40)51-44-26-9-10-27-45(44)52-48(46)51/h1-21,23-31,38H,22H2. The molecule has 0 bridgehead atoms. The van der Waals surface area contributed by atoms with Crippen LogP contribution in [0.25, 0.3) is 78.2 Å². The highest BCUT2D eigenvalue weighted by Crippen LogP contribution is 2.42. The monoisotopic (exact) mass is 667 g/mol. The Balaban J connectivity index is 1.14. The molecule has 0 radical (unpaired) electrons. The van der Waals surface area contributed by atoms with Gasteiger partial charge in [0.1, 0.15) is 0 Å². The van der Waals surface area contributed by atoms with E-state index in [1.807, 2.05) is 18.2 Å². The SMILES string of the molecule is C1=CC(c2cc(-c3cccc(-c4ccccc4)c3)nc(-c3cccc(-c4ccccc4)c3)n2)=CC(c2c3ccccc3n3c2oc2ccccc23)C1. The van der Waals surface area contributed by atoms with Crippen molar-refractivity contribution in [3.63, 3.8) is 0 Å². The fourth-order valence-corrected chi connectivity index (χ4v) is 7.66. The quantitative estimate of drug-likeness (QED) is 0.177. The highest BCUT2D eigenvalue weighted by Gasteiger charge is 2.25. The van der Waals surface area contributed by atoms with Gasteiger partial charge in [0.25, 0.3) is 0 Å². The topological polar surface area (TPSA) is 43.3 Å². The van der Waals surface area contributed by atoms with Gasteiger partial charge in [0.05, 0.1) is 22.4 Å². The van der Waals surface area contributed by atoms with Gasteiger partial charge in [-0.15, -0.1) is 0 Å². The molecule has 0 N–H and O–H groups in total. The van der Waals surface area contributed by atoms with Gasteiger partial charge in [-0.3, -0.25) is 4.40 Å². The zero-order valence-corrected chi connectivity index (χ0v) is 28.4. The van der Waals surface area contributed by atoms with Gasteiger partial charge in [-0.2, -0.15) is 0 Å². The number of allylic oxidation sites excluding steroid dienone is 4. The molecule has 1 aliphatic carbocycles. The Bertz CT molecular complexity index is 2720. The highest BCUT2D eigenvalue weighted by molar-refractivity contribution is 5.97.